The molecule has 0 amide bonds. The minimum absolute atomic E-state index is 0.247. The number of nitrogen functional groups attached to an aromatic ring is 1. The van der Waals surface area contributed by atoms with E-state index in [9.17, 15) is 0 Å². The number of fused-ring (bicyclic) bond motifs is 1. The van der Waals surface area contributed by atoms with Crippen molar-refractivity contribution in [2.75, 3.05) is 25.1 Å². The van der Waals surface area contributed by atoms with E-state index in [1.165, 1.54) is 0 Å². The van der Waals surface area contributed by atoms with E-state index in [2.05, 4.69) is 32.3 Å². The summed E-state index contributed by atoms with van der Waals surface area (Å²) >= 11 is 0. The van der Waals surface area contributed by atoms with Crippen LogP contribution in [0.3, 0.4) is 0 Å². The van der Waals surface area contributed by atoms with Crippen molar-refractivity contribution >= 4 is 16.9 Å². The third-order valence-electron chi connectivity index (χ3n) is 3.47. The van der Waals surface area contributed by atoms with E-state index in [-0.39, 0.29) is 6.10 Å². The van der Waals surface area contributed by atoms with Crippen LogP contribution in [0.1, 0.15) is 12.7 Å². The number of rotatable bonds is 3. The zero-order chi connectivity index (χ0) is 14.1. The summed E-state index contributed by atoms with van der Waals surface area (Å²) < 4.78 is 7.26. The van der Waals surface area contributed by atoms with Crippen molar-refractivity contribution in [2.45, 2.75) is 19.6 Å². The second-order valence-corrected chi connectivity index (χ2v) is 5.05. The van der Waals surface area contributed by atoms with Crippen LogP contribution in [0.4, 0.5) is 5.82 Å². The Morgan fingerprint density at radius 1 is 1.50 bits per heavy atom. The lowest BCUT2D eigenvalue weighted by atomic mass is 10.3. The molecule has 8 heteroatoms. The van der Waals surface area contributed by atoms with Gasteiger partial charge in [0.15, 0.2) is 11.5 Å². The first-order valence-electron chi connectivity index (χ1n) is 6.66. The van der Waals surface area contributed by atoms with Gasteiger partial charge in [-0.2, -0.15) is 5.10 Å². The largest absolute Gasteiger partial charge is 0.376 e. The number of anilines is 1. The molecule has 1 unspecified atom stereocenters. The Morgan fingerprint density at radius 2 is 2.35 bits per heavy atom. The average Bonchev–Trinajstić information content (AvgIpc) is 2.80. The van der Waals surface area contributed by atoms with Gasteiger partial charge in [-0.1, -0.05) is 0 Å². The number of hydrogen-bond acceptors (Lipinski definition) is 7. The molecule has 0 radical (unpaired) electrons. The summed E-state index contributed by atoms with van der Waals surface area (Å²) in [6, 6.07) is 0. The maximum Gasteiger partial charge on any atom is 0.163 e. The van der Waals surface area contributed by atoms with Gasteiger partial charge < -0.3 is 10.2 Å². The molecule has 0 bridgehead atoms. The number of nitrogens with two attached hydrogens (primary N) is 1. The summed E-state index contributed by atoms with van der Waals surface area (Å²) in [7, 11) is 1.86. The maximum atomic E-state index is 5.54. The summed E-state index contributed by atoms with van der Waals surface area (Å²) in [6.45, 7) is 5.28. The van der Waals surface area contributed by atoms with Crippen molar-refractivity contribution in [3.05, 3.63) is 12.0 Å². The van der Waals surface area contributed by atoms with Crippen molar-refractivity contribution < 1.29 is 4.74 Å². The molecule has 3 N–H and O–H groups in total. The van der Waals surface area contributed by atoms with Crippen LogP contribution in [-0.4, -0.2) is 50.4 Å². The number of hydrazine groups is 1. The van der Waals surface area contributed by atoms with E-state index in [1.807, 2.05) is 7.05 Å². The van der Waals surface area contributed by atoms with Crippen LogP contribution in [0.25, 0.3) is 11.0 Å². The van der Waals surface area contributed by atoms with Crippen LogP contribution in [0.2, 0.25) is 0 Å². The van der Waals surface area contributed by atoms with Gasteiger partial charge in [0.25, 0.3) is 0 Å². The molecular formula is C12H19N7O. The van der Waals surface area contributed by atoms with Gasteiger partial charge in [0.2, 0.25) is 0 Å². The van der Waals surface area contributed by atoms with Gasteiger partial charge in [-0.25, -0.2) is 15.8 Å². The summed E-state index contributed by atoms with van der Waals surface area (Å²) in [5, 5.41) is 5.02. The molecule has 0 spiro atoms. The predicted molar refractivity (Wildman–Crippen MR) is 74.8 cm³/mol. The Bertz CT molecular complexity index is 611. The monoisotopic (exact) mass is 277 g/mol. The molecule has 2 aromatic heterocycles. The summed E-state index contributed by atoms with van der Waals surface area (Å²) in [6.07, 6.45) is 1.96. The number of nitrogens with one attached hydrogen (secondary N) is 1. The lowest BCUT2D eigenvalue weighted by Crippen LogP contribution is -2.40. The third kappa shape index (κ3) is 2.45. The van der Waals surface area contributed by atoms with E-state index in [4.69, 9.17) is 10.6 Å². The van der Waals surface area contributed by atoms with Crippen molar-refractivity contribution in [3.8, 4) is 0 Å². The summed E-state index contributed by atoms with van der Waals surface area (Å²) in [5.41, 5.74) is 3.40. The smallest absolute Gasteiger partial charge is 0.163 e. The molecule has 3 heterocycles. The fourth-order valence-corrected chi connectivity index (χ4v) is 2.48. The van der Waals surface area contributed by atoms with Crippen molar-refractivity contribution in [2.24, 2.45) is 12.9 Å². The van der Waals surface area contributed by atoms with Crippen molar-refractivity contribution in [1.82, 2.24) is 24.6 Å². The van der Waals surface area contributed by atoms with Gasteiger partial charge in [0.1, 0.15) is 5.82 Å². The summed E-state index contributed by atoms with van der Waals surface area (Å²) in [4.78, 5) is 11.3. The van der Waals surface area contributed by atoms with Crippen LogP contribution in [0, 0.1) is 0 Å². The fourth-order valence-electron chi connectivity index (χ4n) is 2.48. The number of aromatic nitrogens is 4. The number of aryl methyl sites for hydroxylation is 1. The first-order valence-corrected chi connectivity index (χ1v) is 6.66. The molecule has 3 rings (SSSR count). The van der Waals surface area contributed by atoms with Crippen molar-refractivity contribution in [1.29, 1.82) is 0 Å². The second-order valence-electron chi connectivity index (χ2n) is 5.05. The lowest BCUT2D eigenvalue weighted by molar-refractivity contribution is -0.0219. The van der Waals surface area contributed by atoms with E-state index >= 15 is 0 Å². The fraction of sp³-hybridized carbons (Fsp3) is 0.583. The Hall–Kier alpha value is -1.77. The number of nitrogens with zero attached hydrogens (tertiary/aromatic N) is 5. The molecule has 0 saturated carbocycles. The Labute approximate surface area is 116 Å². The standard InChI is InChI=1S/C12H19N7O/c1-8-6-19(3-4-20-8)7-10-15-11(17-13)9-5-14-18(2)12(9)16-10/h5,8H,3-4,6-7,13H2,1-2H3,(H,15,16,17). The topological polar surface area (TPSA) is 94.1 Å². The zero-order valence-electron chi connectivity index (χ0n) is 11.7. The molecular weight excluding hydrogens is 258 g/mol. The van der Waals surface area contributed by atoms with E-state index in [0.717, 1.165) is 36.6 Å². The first-order chi connectivity index (χ1) is 9.67. The second kappa shape index (κ2) is 5.31. The zero-order valence-corrected chi connectivity index (χ0v) is 11.7. The predicted octanol–water partition coefficient (Wildman–Crippen LogP) is -0.130. The highest BCUT2D eigenvalue weighted by atomic mass is 16.5. The van der Waals surface area contributed by atoms with Crippen LogP contribution < -0.4 is 11.3 Å². The van der Waals surface area contributed by atoms with Crippen LogP contribution >= 0.6 is 0 Å². The SMILES string of the molecule is CC1CN(Cc2nc(NN)c3cnn(C)c3n2)CCO1. The van der Waals surface area contributed by atoms with Crippen LogP contribution in [0.15, 0.2) is 6.20 Å². The molecule has 0 aromatic carbocycles. The Balaban J connectivity index is 1.89. The van der Waals surface area contributed by atoms with Gasteiger partial charge >= 0.3 is 0 Å². The van der Waals surface area contributed by atoms with Gasteiger partial charge in [-0.3, -0.25) is 9.58 Å². The van der Waals surface area contributed by atoms with Crippen LogP contribution in [0.5, 0.6) is 0 Å². The molecule has 1 aliphatic heterocycles. The highest BCUT2D eigenvalue weighted by Gasteiger charge is 2.19. The molecule has 108 valence electrons. The van der Waals surface area contributed by atoms with E-state index in [1.54, 1.807) is 10.9 Å². The number of morpholine rings is 1. The molecule has 1 atom stereocenters. The maximum absolute atomic E-state index is 5.54. The van der Waals surface area contributed by atoms with E-state index in [0.29, 0.717) is 12.4 Å². The third-order valence-corrected chi connectivity index (χ3v) is 3.47. The molecule has 1 aliphatic rings. The van der Waals surface area contributed by atoms with Gasteiger partial charge in [0, 0.05) is 20.1 Å². The number of hydrogen-bond donors (Lipinski definition) is 2. The molecule has 1 fully saturated rings. The van der Waals surface area contributed by atoms with Crippen molar-refractivity contribution in [3.63, 3.8) is 0 Å². The van der Waals surface area contributed by atoms with Gasteiger partial charge in [0.05, 0.1) is 30.8 Å². The molecule has 8 nitrogen and oxygen atoms in total. The normalized spacial score (nSPS) is 20.4. The molecule has 2 aromatic rings. The number of ether oxygens (including phenoxy) is 1. The molecule has 1 saturated heterocycles. The molecule has 0 aliphatic carbocycles. The van der Waals surface area contributed by atoms with E-state index < -0.39 is 0 Å². The first kappa shape index (κ1) is 13.2. The average molecular weight is 277 g/mol. The summed E-state index contributed by atoms with van der Waals surface area (Å²) in [5.74, 6) is 6.89. The van der Waals surface area contributed by atoms with Gasteiger partial charge in [-0.05, 0) is 6.92 Å². The highest BCUT2D eigenvalue weighted by Crippen LogP contribution is 2.19. The minimum Gasteiger partial charge on any atom is -0.376 e. The highest BCUT2D eigenvalue weighted by molar-refractivity contribution is 5.86. The van der Waals surface area contributed by atoms with Gasteiger partial charge in [-0.15, -0.1) is 0 Å². The Kier molecular flexibility index (Phi) is 3.51. The molecule has 20 heavy (non-hydrogen) atoms. The van der Waals surface area contributed by atoms with Crippen LogP contribution in [-0.2, 0) is 18.3 Å². The lowest BCUT2D eigenvalue weighted by Gasteiger charge is -2.30. The minimum atomic E-state index is 0.247. The Morgan fingerprint density at radius 3 is 3.10 bits per heavy atom. The quantitative estimate of drug-likeness (QED) is 0.596.